The molecule has 1 amide bonds. The van der Waals surface area contributed by atoms with E-state index in [1.165, 1.54) is 0 Å². The van der Waals surface area contributed by atoms with Crippen LogP contribution in [0.1, 0.15) is 22.7 Å². The number of rotatable bonds is 8. The number of amides is 1. The van der Waals surface area contributed by atoms with Gasteiger partial charge in [0.1, 0.15) is 23.8 Å². The van der Waals surface area contributed by atoms with Crippen LogP contribution in [0.5, 0.6) is 5.75 Å². The van der Waals surface area contributed by atoms with Gasteiger partial charge in [0, 0.05) is 18.5 Å². The molecule has 3 aromatic rings. The number of furan rings is 1. The Morgan fingerprint density at radius 1 is 1.24 bits per heavy atom. The molecule has 0 saturated heterocycles. The van der Waals surface area contributed by atoms with Crippen molar-refractivity contribution in [3.8, 4) is 5.75 Å². The van der Waals surface area contributed by atoms with E-state index in [9.17, 15) is 4.79 Å². The SMILES string of the molecule is COc1ccc2nc(C(=O)NCCCOCc3ccco3)ccc2c1. The second kappa shape index (κ2) is 8.30. The second-order valence-corrected chi connectivity index (χ2v) is 5.50. The summed E-state index contributed by atoms with van der Waals surface area (Å²) in [6, 6.07) is 12.8. The Bertz CT molecular complexity index is 831. The van der Waals surface area contributed by atoms with Gasteiger partial charge in [-0.25, -0.2) is 4.98 Å². The third-order valence-corrected chi connectivity index (χ3v) is 3.70. The molecule has 0 radical (unpaired) electrons. The lowest BCUT2D eigenvalue weighted by Crippen LogP contribution is -2.26. The Morgan fingerprint density at radius 2 is 2.16 bits per heavy atom. The summed E-state index contributed by atoms with van der Waals surface area (Å²) in [5.41, 5.74) is 1.16. The van der Waals surface area contributed by atoms with Crippen molar-refractivity contribution in [2.45, 2.75) is 13.0 Å². The largest absolute Gasteiger partial charge is 0.497 e. The first-order valence-electron chi connectivity index (χ1n) is 8.09. The summed E-state index contributed by atoms with van der Waals surface area (Å²) in [4.78, 5) is 16.6. The van der Waals surface area contributed by atoms with Crippen LogP contribution in [0.15, 0.2) is 53.1 Å². The van der Waals surface area contributed by atoms with Gasteiger partial charge in [0.25, 0.3) is 5.91 Å². The highest BCUT2D eigenvalue weighted by Crippen LogP contribution is 2.19. The average molecular weight is 340 g/mol. The molecular formula is C19H20N2O4. The van der Waals surface area contributed by atoms with Gasteiger partial charge in [-0.2, -0.15) is 0 Å². The number of hydrogen-bond donors (Lipinski definition) is 1. The molecule has 130 valence electrons. The number of pyridine rings is 1. The minimum atomic E-state index is -0.191. The summed E-state index contributed by atoms with van der Waals surface area (Å²) >= 11 is 0. The summed E-state index contributed by atoms with van der Waals surface area (Å²) in [5.74, 6) is 1.37. The molecule has 0 aliphatic rings. The maximum atomic E-state index is 12.2. The van der Waals surface area contributed by atoms with Crippen molar-refractivity contribution in [2.24, 2.45) is 0 Å². The van der Waals surface area contributed by atoms with Gasteiger partial charge in [0.05, 0.1) is 18.9 Å². The number of carbonyl (C=O) groups is 1. The molecule has 0 fully saturated rings. The van der Waals surface area contributed by atoms with E-state index < -0.39 is 0 Å². The van der Waals surface area contributed by atoms with Crippen LogP contribution in [0, 0.1) is 0 Å². The van der Waals surface area contributed by atoms with E-state index >= 15 is 0 Å². The maximum absolute atomic E-state index is 12.2. The van der Waals surface area contributed by atoms with Crippen LogP contribution < -0.4 is 10.1 Å². The molecule has 0 spiro atoms. The van der Waals surface area contributed by atoms with Crippen LogP contribution in [-0.2, 0) is 11.3 Å². The molecule has 2 heterocycles. The Hall–Kier alpha value is -2.86. The Balaban J connectivity index is 1.45. The fourth-order valence-corrected chi connectivity index (χ4v) is 2.39. The first-order valence-corrected chi connectivity index (χ1v) is 8.09. The first kappa shape index (κ1) is 17.0. The lowest BCUT2D eigenvalue weighted by atomic mass is 10.2. The Morgan fingerprint density at radius 3 is 2.96 bits per heavy atom. The van der Waals surface area contributed by atoms with Gasteiger partial charge in [0.2, 0.25) is 0 Å². The number of ether oxygens (including phenoxy) is 2. The highest BCUT2D eigenvalue weighted by Gasteiger charge is 2.08. The van der Waals surface area contributed by atoms with Crippen molar-refractivity contribution in [3.63, 3.8) is 0 Å². The third kappa shape index (κ3) is 4.58. The molecule has 2 aromatic heterocycles. The van der Waals surface area contributed by atoms with Crippen molar-refractivity contribution in [2.75, 3.05) is 20.3 Å². The number of carbonyl (C=O) groups excluding carboxylic acids is 1. The molecule has 0 bridgehead atoms. The van der Waals surface area contributed by atoms with Crippen LogP contribution in [-0.4, -0.2) is 31.2 Å². The van der Waals surface area contributed by atoms with E-state index in [0.717, 1.165) is 28.8 Å². The second-order valence-electron chi connectivity index (χ2n) is 5.50. The minimum Gasteiger partial charge on any atom is -0.497 e. The van der Waals surface area contributed by atoms with Crippen LogP contribution in [0.4, 0.5) is 0 Å². The van der Waals surface area contributed by atoms with Crippen LogP contribution in [0.3, 0.4) is 0 Å². The number of methoxy groups -OCH3 is 1. The molecular weight excluding hydrogens is 320 g/mol. The van der Waals surface area contributed by atoms with E-state index in [1.54, 1.807) is 19.4 Å². The Kier molecular flexibility index (Phi) is 5.64. The van der Waals surface area contributed by atoms with Gasteiger partial charge in [-0.15, -0.1) is 0 Å². The molecule has 1 aromatic carbocycles. The zero-order valence-electron chi connectivity index (χ0n) is 14.0. The highest BCUT2D eigenvalue weighted by molar-refractivity contribution is 5.95. The number of nitrogens with one attached hydrogen (secondary N) is 1. The standard InChI is InChI=1S/C19H20N2O4/c1-23-15-6-8-17-14(12-15)5-7-18(21-17)19(22)20-9-3-10-24-13-16-4-2-11-25-16/h2,4-8,11-12H,3,9-10,13H2,1H3,(H,20,22). The third-order valence-electron chi connectivity index (χ3n) is 3.70. The first-order chi connectivity index (χ1) is 12.3. The molecule has 0 aliphatic carbocycles. The van der Waals surface area contributed by atoms with E-state index in [1.807, 2.05) is 36.4 Å². The lowest BCUT2D eigenvalue weighted by molar-refractivity contribution is 0.0913. The van der Waals surface area contributed by atoms with Crippen LogP contribution in [0.25, 0.3) is 10.9 Å². The highest BCUT2D eigenvalue weighted by atomic mass is 16.5. The number of hydrogen-bond acceptors (Lipinski definition) is 5. The molecule has 0 saturated carbocycles. The summed E-state index contributed by atoms with van der Waals surface area (Å²) in [7, 11) is 1.62. The lowest BCUT2D eigenvalue weighted by Gasteiger charge is -2.07. The molecule has 3 rings (SSSR count). The van der Waals surface area contributed by atoms with Gasteiger partial charge in [-0.1, -0.05) is 6.07 Å². The summed E-state index contributed by atoms with van der Waals surface area (Å²) in [6.07, 6.45) is 2.34. The Labute approximate surface area is 145 Å². The summed E-state index contributed by atoms with van der Waals surface area (Å²) < 4.78 is 15.8. The van der Waals surface area contributed by atoms with Gasteiger partial charge in [-0.05, 0) is 42.8 Å². The predicted octanol–water partition coefficient (Wildman–Crippen LogP) is 3.17. The smallest absolute Gasteiger partial charge is 0.269 e. The van der Waals surface area contributed by atoms with Crippen molar-refractivity contribution in [1.82, 2.24) is 10.3 Å². The number of aromatic nitrogens is 1. The van der Waals surface area contributed by atoms with Crippen molar-refractivity contribution >= 4 is 16.8 Å². The molecule has 25 heavy (non-hydrogen) atoms. The topological polar surface area (TPSA) is 73.6 Å². The van der Waals surface area contributed by atoms with Crippen LogP contribution in [0.2, 0.25) is 0 Å². The molecule has 6 heteroatoms. The van der Waals surface area contributed by atoms with Gasteiger partial charge in [0.15, 0.2) is 0 Å². The van der Waals surface area contributed by atoms with Crippen molar-refractivity contribution < 1.29 is 18.7 Å². The minimum absolute atomic E-state index is 0.191. The van der Waals surface area contributed by atoms with Crippen LogP contribution >= 0.6 is 0 Å². The fraction of sp³-hybridized carbons (Fsp3) is 0.263. The zero-order valence-corrected chi connectivity index (χ0v) is 14.0. The summed E-state index contributed by atoms with van der Waals surface area (Å²) in [5, 5.41) is 3.78. The average Bonchev–Trinajstić information content (AvgIpc) is 3.17. The molecule has 0 atom stereocenters. The molecule has 0 unspecified atom stereocenters. The molecule has 0 aliphatic heterocycles. The monoisotopic (exact) mass is 340 g/mol. The van der Waals surface area contributed by atoms with Gasteiger partial charge in [-0.3, -0.25) is 4.79 Å². The molecule has 6 nitrogen and oxygen atoms in total. The summed E-state index contributed by atoms with van der Waals surface area (Å²) in [6.45, 7) is 1.52. The number of nitrogens with zero attached hydrogens (tertiary/aromatic N) is 1. The van der Waals surface area contributed by atoms with E-state index in [2.05, 4.69) is 10.3 Å². The number of benzene rings is 1. The normalized spacial score (nSPS) is 10.8. The van der Waals surface area contributed by atoms with Gasteiger partial charge < -0.3 is 19.2 Å². The van der Waals surface area contributed by atoms with E-state index in [-0.39, 0.29) is 5.91 Å². The van der Waals surface area contributed by atoms with E-state index in [4.69, 9.17) is 13.9 Å². The molecule has 1 N–H and O–H groups in total. The predicted molar refractivity (Wildman–Crippen MR) is 93.6 cm³/mol. The fourth-order valence-electron chi connectivity index (χ4n) is 2.39. The van der Waals surface area contributed by atoms with E-state index in [0.29, 0.717) is 25.5 Å². The zero-order chi connectivity index (χ0) is 17.5. The number of fused-ring (bicyclic) bond motifs is 1. The van der Waals surface area contributed by atoms with Gasteiger partial charge >= 0.3 is 0 Å². The van der Waals surface area contributed by atoms with Crippen molar-refractivity contribution in [1.29, 1.82) is 0 Å². The van der Waals surface area contributed by atoms with Crippen molar-refractivity contribution in [3.05, 3.63) is 60.2 Å². The quantitative estimate of drug-likeness (QED) is 0.638. The maximum Gasteiger partial charge on any atom is 0.269 e.